The van der Waals surface area contributed by atoms with Crippen LogP contribution in [-0.4, -0.2) is 56.9 Å². The highest BCUT2D eigenvalue weighted by atomic mass is 35.5. The zero-order chi connectivity index (χ0) is 19.8. The predicted octanol–water partition coefficient (Wildman–Crippen LogP) is 2.92. The van der Waals surface area contributed by atoms with Crippen molar-refractivity contribution in [2.75, 3.05) is 25.4 Å². The lowest BCUT2D eigenvalue weighted by molar-refractivity contribution is -0.131. The molecule has 2 amide bonds. The quantitative estimate of drug-likeness (QED) is 0.695. The molecule has 1 aliphatic rings. The lowest BCUT2D eigenvalue weighted by Crippen LogP contribution is -2.35. The second-order valence-corrected chi connectivity index (χ2v) is 8.03. The number of carbonyl (C=O) groups excluding carboxylic acids is 2. The van der Waals surface area contributed by atoms with Crippen LogP contribution in [0.4, 0.5) is 0 Å². The Morgan fingerprint density at radius 2 is 1.96 bits per heavy atom. The Bertz CT molecular complexity index is 805. The van der Waals surface area contributed by atoms with Gasteiger partial charge < -0.3 is 10.2 Å². The largest absolute Gasteiger partial charge is 0.355 e. The first-order chi connectivity index (χ1) is 13.6. The number of rotatable bonds is 7. The van der Waals surface area contributed by atoms with Gasteiger partial charge in [-0.15, -0.1) is 10.2 Å². The van der Waals surface area contributed by atoms with Gasteiger partial charge in [0, 0.05) is 31.1 Å². The van der Waals surface area contributed by atoms with Crippen LogP contribution in [0, 0.1) is 0 Å². The summed E-state index contributed by atoms with van der Waals surface area (Å²) in [6.45, 7) is 2.03. The maximum Gasteiger partial charge on any atom is 0.230 e. The number of aromatic nitrogens is 3. The Morgan fingerprint density at radius 3 is 2.71 bits per heavy atom. The van der Waals surface area contributed by atoms with Crippen LogP contribution in [0.15, 0.2) is 35.7 Å². The lowest BCUT2D eigenvalue weighted by Gasteiger charge is -2.20. The lowest BCUT2D eigenvalue weighted by atomic mass is 10.2. The fourth-order valence-corrected chi connectivity index (χ4v) is 4.04. The average molecular weight is 422 g/mol. The number of halogens is 1. The van der Waals surface area contributed by atoms with Crippen LogP contribution in [0.1, 0.15) is 32.1 Å². The predicted molar refractivity (Wildman–Crippen MR) is 110 cm³/mol. The molecule has 1 aromatic carbocycles. The smallest absolute Gasteiger partial charge is 0.230 e. The second kappa shape index (κ2) is 10.5. The van der Waals surface area contributed by atoms with Gasteiger partial charge in [0.05, 0.1) is 11.4 Å². The van der Waals surface area contributed by atoms with E-state index in [1.807, 2.05) is 23.1 Å². The van der Waals surface area contributed by atoms with E-state index in [0.29, 0.717) is 23.1 Å². The summed E-state index contributed by atoms with van der Waals surface area (Å²) in [5.74, 6) is 0.196. The summed E-state index contributed by atoms with van der Waals surface area (Å²) in [5, 5.41) is 12.0. The topological polar surface area (TPSA) is 80.1 Å². The standard InChI is InChI=1S/C19H24ClN5O2S/c20-15-6-5-7-16(12-15)25-14-22-23-19(25)28-13-17(26)21-9-8-18(27)24-10-3-1-2-4-11-24/h5-7,12,14H,1-4,8-11,13H2,(H,21,26). The molecule has 0 spiro atoms. The molecule has 9 heteroatoms. The SMILES string of the molecule is O=C(CSc1nncn1-c1cccc(Cl)c1)NCCC(=O)N1CCCCCC1. The van der Waals surface area contributed by atoms with Gasteiger partial charge in [-0.05, 0) is 31.0 Å². The number of likely N-dealkylation sites (tertiary alicyclic amines) is 1. The molecule has 0 saturated carbocycles. The van der Waals surface area contributed by atoms with Gasteiger partial charge in [0.25, 0.3) is 0 Å². The third kappa shape index (κ3) is 5.97. The minimum absolute atomic E-state index is 0.121. The van der Waals surface area contributed by atoms with E-state index in [1.165, 1.54) is 24.6 Å². The third-order valence-electron chi connectivity index (χ3n) is 4.56. The fraction of sp³-hybridized carbons (Fsp3) is 0.474. The van der Waals surface area contributed by atoms with E-state index in [2.05, 4.69) is 15.5 Å². The van der Waals surface area contributed by atoms with Crippen molar-refractivity contribution in [3.8, 4) is 5.69 Å². The molecule has 7 nitrogen and oxygen atoms in total. The first-order valence-corrected chi connectivity index (χ1v) is 10.8. The van der Waals surface area contributed by atoms with Gasteiger partial charge >= 0.3 is 0 Å². The maximum atomic E-state index is 12.2. The number of carbonyl (C=O) groups is 2. The Kier molecular flexibility index (Phi) is 7.73. The van der Waals surface area contributed by atoms with Crippen molar-refractivity contribution in [3.05, 3.63) is 35.6 Å². The number of hydrogen-bond donors (Lipinski definition) is 1. The van der Waals surface area contributed by atoms with Crippen molar-refractivity contribution in [1.82, 2.24) is 25.0 Å². The van der Waals surface area contributed by atoms with Gasteiger partial charge in [0.2, 0.25) is 11.8 Å². The normalized spacial score (nSPS) is 14.5. The first-order valence-electron chi connectivity index (χ1n) is 9.47. The van der Waals surface area contributed by atoms with E-state index in [4.69, 9.17) is 11.6 Å². The molecule has 1 aromatic heterocycles. The summed E-state index contributed by atoms with van der Waals surface area (Å²) in [6.07, 6.45) is 6.46. The molecule has 2 aromatic rings. The molecule has 1 aliphatic heterocycles. The highest BCUT2D eigenvalue weighted by Gasteiger charge is 2.16. The van der Waals surface area contributed by atoms with E-state index < -0.39 is 0 Å². The van der Waals surface area contributed by atoms with Crippen LogP contribution in [0.5, 0.6) is 0 Å². The summed E-state index contributed by atoms with van der Waals surface area (Å²) in [6, 6.07) is 7.35. The molecule has 3 rings (SSSR count). The third-order valence-corrected chi connectivity index (χ3v) is 5.73. The van der Waals surface area contributed by atoms with Gasteiger partial charge in [-0.1, -0.05) is 42.3 Å². The summed E-state index contributed by atoms with van der Waals surface area (Å²) < 4.78 is 1.78. The number of hydrogen-bond acceptors (Lipinski definition) is 5. The van der Waals surface area contributed by atoms with E-state index in [-0.39, 0.29) is 17.6 Å². The molecule has 0 bridgehead atoms. The minimum Gasteiger partial charge on any atom is -0.355 e. The monoisotopic (exact) mass is 421 g/mol. The number of nitrogens with one attached hydrogen (secondary N) is 1. The molecule has 2 heterocycles. The Balaban J connectivity index is 1.43. The highest BCUT2D eigenvalue weighted by Crippen LogP contribution is 2.21. The summed E-state index contributed by atoms with van der Waals surface area (Å²) in [5.41, 5.74) is 0.837. The molecule has 1 fully saturated rings. The molecular weight excluding hydrogens is 398 g/mol. The van der Waals surface area contributed by atoms with E-state index in [1.54, 1.807) is 17.0 Å². The van der Waals surface area contributed by atoms with Gasteiger partial charge in [0.1, 0.15) is 6.33 Å². The van der Waals surface area contributed by atoms with Crippen LogP contribution < -0.4 is 5.32 Å². The molecule has 0 aliphatic carbocycles. The van der Waals surface area contributed by atoms with Crippen LogP contribution >= 0.6 is 23.4 Å². The van der Waals surface area contributed by atoms with Gasteiger partial charge in [-0.2, -0.15) is 0 Å². The fourth-order valence-electron chi connectivity index (χ4n) is 3.09. The molecule has 0 atom stereocenters. The number of amides is 2. The Labute approximate surface area is 173 Å². The van der Waals surface area contributed by atoms with Crippen molar-refractivity contribution in [1.29, 1.82) is 0 Å². The van der Waals surface area contributed by atoms with Crippen LogP contribution in [0.25, 0.3) is 5.69 Å². The van der Waals surface area contributed by atoms with E-state index in [0.717, 1.165) is 31.6 Å². The van der Waals surface area contributed by atoms with Crippen LogP contribution in [-0.2, 0) is 9.59 Å². The van der Waals surface area contributed by atoms with Crippen molar-refractivity contribution < 1.29 is 9.59 Å². The molecular formula is C19H24ClN5O2S. The summed E-state index contributed by atoms with van der Waals surface area (Å²) in [4.78, 5) is 26.3. The van der Waals surface area contributed by atoms with Gasteiger partial charge in [-0.3, -0.25) is 14.2 Å². The van der Waals surface area contributed by atoms with Crippen molar-refractivity contribution in [2.24, 2.45) is 0 Å². The molecule has 1 saturated heterocycles. The van der Waals surface area contributed by atoms with E-state index in [9.17, 15) is 9.59 Å². The molecule has 150 valence electrons. The zero-order valence-electron chi connectivity index (χ0n) is 15.6. The number of thioether (sulfide) groups is 1. The van der Waals surface area contributed by atoms with Crippen LogP contribution in [0.3, 0.4) is 0 Å². The number of nitrogens with zero attached hydrogens (tertiary/aromatic N) is 4. The summed E-state index contributed by atoms with van der Waals surface area (Å²) >= 11 is 7.32. The molecule has 0 radical (unpaired) electrons. The highest BCUT2D eigenvalue weighted by molar-refractivity contribution is 7.99. The summed E-state index contributed by atoms with van der Waals surface area (Å²) in [7, 11) is 0. The molecule has 0 unspecified atom stereocenters. The van der Waals surface area contributed by atoms with Crippen LogP contribution in [0.2, 0.25) is 5.02 Å². The zero-order valence-corrected chi connectivity index (χ0v) is 17.2. The number of benzene rings is 1. The molecule has 28 heavy (non-hydrogen) atoms. The van der Waals surface area contributed by atoms with Gasteiger partial charge in [-0.25, -0.2) is 0 Å². The van der Waals surface area contributed by atoms with Crippen molar-refractivity contribution in [3.63, 3.8) is 0 Å². The Morgan fingerprint density at radius 1 is 1.18 bits per heavy atom. The second-order valence-electron chi connectivity index (χ2n) is 6.65. The Hall–Kier alpha value is -2.06. The molecule has 1 N–H and O–H groups in total. The minimum atomic E-state index is -0.130. The van der Waals surface area contributed by atoms with Crippen molar-refractivity contribution in [2.45, 2.75) is 37.3 Å². The average Bonchev–Trinajstić information content (AvgIpc) is 2.99. The first kappa shape index (κ1) is 20.7. The van der Waals surface area contributed by atoms with E-state index >= 15 is 0 Å². The van der Waals surface area contributed by atoms with Crippen molar-refractivity contribution >= 4 is 35.2 Å². The van der Waals surface area contributed by atoms with Gasteiger partial charge in [0.15, 0.2) is 5.16 Å². The maximum absolute atomic E-state index is 12.2.